The summed E-state index contributed by atoms with van der Waals surface area (Å²) in [6, 6.07) is 15.0. The fraction of sp³-hybridized carbons (Fsp3) is 0.200. The van der Waals surface area contributed by atoms with Crippen LogP contribution in [0, 0.1) is 20.8 Å². The van der Waals surface area contributed by atoms with E-state index in [-0.39, 0.29) is 0 Å². The van der Waals surface area contributed by atoms with Crippen LogP contribution in [0.3, 0.4) is 0 Å². The molecule has 1 heteroatoms. The summed E-state index contributed by atoms with van der Waals surface area (Å²) in [7, 11) is 0. The van der Waals surface area contributed by atoms with Gasteiger partial charge in [-0.15, -0.1) is 0 Å². The molecule has 0 saturated heterocycles. The van der Waals surface area contributed by atoms with Crippen LogP contribution in [0.4, 0.5) is 0 Å². The van der Waals surface area contributed by atoms with Crippen molar-refractivity contribution in [1.29, 1.82) is 0 Å². The van der Waals surface area contributed by atoms with Crippen LogP contribution in [0.1, 0.15) is 16.7 Å². The molecule has 0 fully saturated rings. The fourth-order valence-corrected chi connectivity index (χ4v) is 2.90. The Labute approximate surface area is 102 Å². The summed E-state index contributed by atoms with van der Waals surface area (Å²) in [6.45, 7) is 6.52. The molecule has 0 atom stereocenters. The first-order chi connectivity index (χ1) is 7.66. The largest absolute Gasteiger partial charge is 0.0895 e. The molecule has 0 spiro atoms. The van der Waals surface area contributed by atoms with Crippen LogP contribution >= 0.6 is 11.8 Å². The van der Waals surface area contributed by atoms with Gasteiger partial charge in [-0.25, -0.2) is 0 Å². The van der Waals surface area contributed by atoms with Crippen molar-refractivity contribution in [2.45, 2.75) is 30.6 Å². The maximum atomic E-state index is 2.25. The molecule has 2 rings (SSSR count). The highest BCUT2D eigenvalue weighted by Gasteiger charge is 2.05. The lowest BCUT2D eigenvalue weighted by Gasteiger charge is -2.10. The van der Waals surface area contributed by atoms with Crippen molar-refractivity contribution in [3.63, 3.8) is 0 Å². The third-order valence-corrected chi connectivity index (χ3v) is 3.92. The molecule has 0 heterocycles. The standard InChI is InChI=1S/C15H16S/c1-11-9-12(2)15(13(3)10-11)16-14-7-5-4-6-8-14/h4-10H,1-3H3. The summed E-state index contributed by atoms with van der Waals surface area (Å²) in [5.41, 5.74) is 4.07. The number of benzene rings is 2. The van der Waals surface area contributed by atoms with Crippen molar-refractivity contribution in [3.8, 4) is 0 Å². The summed E-state index contributed by atoms with van der Waals surface area (Å²) in [5, 5.41) is 0. The highest BCUT2D eigenvalue weighted by atomic mass is 32.2. The van der Waals surface area contributed by atoms with Crippen molar-refractivity contribution in [1.82, 2.24) is 0 Å². The van der Waals surface area contributed by atoms with Gasteiger partial charge in [0.25, 0.3) is 0 Å². The summed E-state index contributed by atoms with van der Waals surface area (Å²) in [6.07, 6.45) is 0. The van der Waals surface area contributed by atoms with Crippen molar-refractivity contribution >= 4 is 11.8 Å². The Morgan fingerprint density at radius 3 is 1.94 bits per heavy atom. The summed E-state index contributed by atoms with van der Waals surface area (Å²) in [5.74, 6) is 0. The van der Waals surface area contributed by atoms with E-state index in [0.29, 0.717) is 0 Å². The third kappa shape index (κ3) is 2.48. The van der Waals surface area contributed by atoms with Crippen molar-refractivity contribution < 1.29 is 0 Å². The zero-order chi connectivity index (χ0) is 11.5. The van der Waals surface area contributed by atoms with E-state index < -0.39 is 0 Å². The topological polar surface area (TPSA) is 0 Å². The molecule has 0 amide bonds. The van der Waals surface area contributed by atoms with Gasteiger partial charge in [0.2, 0.25) is 0 Å². The van der Waals surface area contributed by atoms with E-state index in [4.69, 9.17) is 0 Å². The van der Waals surface area contributed by atoms with Crippen LogP contribution in [0.2, 0.25) is 0 Å². The summed E-state index contributed by atoms with van der Waals surface area (Å²) >= 11 is 1.85. The van der Waals surface area contributed by atoms with E-state index in [9.17, 15) is 0 Å². The van der Waals surface area contributed by atoms with Gasteiger partial charge in [0.15, 0.2) is 0 Å². The lowest BCUT2D eigenvalue weighted by atomic mass is 10.1. The van der Waals surface area contributed by atoms with E-state index >= 15 is 0 Å². The van der Waals surface area contributed by atoms with Crippen LogP contribution in [0.25, 0.3) is 0 Å². The Balaban J connectivity index is 2.35. The normalized spacial score (nSPS) is 10.4. The smallest absolute Gasteiger partial charge is 0.0181 e. The van der Waals surface area contributed by atoms with Crippen molar-refractivity contribution in [3.05, 3.63) is 59.2 Å². The predicted molar refractivity (Wildman–Crippen MR) is 71.2 cm³/mol. The molecule has 82 valence electrons. The molecule has 0 aliphatic heterocycles. The van der Waals surface area contributed by atoms with Crippen LogP contribution in [-0.4, -0.2) is 0 Å². The molecule has 0 aliphatic carbocycles. The molecular formula is C15H16S. The zero-order valence-electron chi connectivity index (χ0n) is 9.95. The molecule has 0 saturated carbocycles. The van der Waals surface area contributed by atoms with Gasteiger partial charge in [0.05, 0.1) is 0 Å². The Hall–Kier alpha value is -1.21. The van der Waals surface area contributed by atoms with Gasteiger partial charge in [0.1, 0.15) is 0 Å². The van der Waals surface area contributed by atoms with Gasteiger partial charge in [-0.2, -0.15) is 0 Å². The zero-order valence-corrected chi connectivity index (χ0v) is 10.8. The van der Waals surface area contributed by atoms with E-state index in [0.717, 1.165) is 0 Å². The minimum atomic E-state index is 1.30. The van der Waals surface area contributed by atoms with Crippen LogP contribution < -0.4 is 0 Å². The molecule has 0 radical (unpaired) electrons. The van der Waals surface area contributed by atoms with Crippen LogP contribution in [0.5, 0.6) is 0 Å². The average Bonchev–Trinajstić information content (AvgIpc) is 2.25. The highest BCUT2D eigenvalue weighted by Crippen LogP contribution is 2.33. The Morgan fingerprint density at radius 2 is 1.38 bits per heavy atom. The first-order valence-corrected chi connectivity index (χ1v) is 6.29. The highest BCUT2D eigenvalue weighted by molar-refractivity contribution is 7.99. The van der Waals surface area contributed by atoms with E-state index in [1.807, 2.05) is 11.8 Å². The number of hydrogen-bond donors (Lipinski definition) is 0. The lowest BCUT2D eigenvalue weighted by molar-refractivity contribution is 1.19. The van der Waals surface area contributed by atoms with Crippen molar-refractivity contribution in [2.24, 2.45) is 0 Å². The summed E-state index contributed by atoms with van der Waals surface area (Å²) < 4.78 is 0. The monoisotopic (exact) mass is 228 g/mol. The molecule has 16 heavy (non-hydrogen) atoms. The molecule has 0 nitrogen and oxygen atoms in total. The van der Waals surface area contributed by atoms with Gasteiger partial charge in [-0.1, -0.05) is 47.7 Å². The first kappa shape index (κ1) is 11.3. The van der Waals surface area contributed by atoms with Gasteiger partial charge < -0.3 is 0 Å². The maximum absolute atomic E-state index is 2.25. The van der Waals surface area contributed by atoms with E-state index in [1.54, 1.807) is 0 Å². The van der Waals surface area contributed by atoms with Crippen molar-refractivity contribution in [2.75, 3.05) is 0 Å². The molecule has 2 aromatic carbocycles. The summed E-state index contributed by atoms with van der Waals surface area (Å²) in [4.78, 5) is 2.69. The fourth-order valence-electron chi connectivity index (χ4n) is 1.93. The Morgan fingerprint density at radius 1 is 0.812 bits per heavy atom. The molecule has 0 aliphatic rings. The van der Waals surface area contributed by atoms with Crippen LogP contribution in [-0.2, 0) is 0 Å². The molecule has 0 bridgehead atoms. The molecular weight excluding hydrogens is 212 g/mol. The molecule has 0 N–H and O–H groups in total. The number of rotatable bonds is 2. The second-order valence-corrected chi connectivity index (χ2v) is 5.23. The average molecular weight is 228 g/mol. The van der Waals surface area contributed by atoms with E-state index in [1.165, 1.54) is 26.5 Å². The second-order valence-electron chi connectivity index (χ2n) is 4.14. The Bertz CT molecular complexity index is 463. The minimum absolute atomic E-state index is 1.30. The second kappa shape index (κ2) is 4.75. The van der Waals surface area contributed by atoms with Gasteiger partial charge in [0, 0.05) is 9.79 Å². The predicted octanol–water partition coefficient (Wildman–Crippen LogP) is 4.76. The Kier molecular flexibility index (Phi) is 3.35. The number of aryl methyl sites for hydroxylation is 3. The van der Waals surface area contributed by atoms with E-state index in [2.05, 4.69) is 63.2 Å². The quantitative estimate of drug-likeness (QED) is 0.714. The molecule has 0 aromatic heterocycles. The number of hydrogen-bond acceptors (Lipinski definition) is 1. The first-order valence-electron chi connectivity index (χ1n) is 5.47. The van der Waals surface area contributed by atoms with Gasteiger partial charge in [-0.05, 0) is 44.0 Å². The molecule has 0 unspecified atom stereocenters. The maximum Gasteiger partial charge on any atom is 0.0181 e. The minimum Gasteiger partial charge on any atom is -0.0895 e. The third-order valence-electron chi connectivity index (χ3n) is 2.57. The molecule has 2 aromatic rings. The van der Waals surface area contributed by atoms with Gasteiger partial charge >= 0.3 is 0 Å². The van der Waals surface area contributed by atoms with Crippen LogP contribution in [0.15, 0.2) is 52.3 Å². The lowest BCUT2D eigenvalue weighted by Crippen LogP contribution is -1.87. The SMILES string of the molecule is Cc1cc(C)c(Sc2ccccc2)c(C)c1. The van der Waals surface area contributed by atoms with Gasteiger partial charge in [-0.3, -0.25) is 0 Å².